The van der Waals surface area contributed by atoms with Crippen LogP contribution in [0.4, 0.5) is 10.8 Å². The first-order valence-corrected chi connectivity index (χ1v) is 8.29. The fourth-order valence-corrected chi connectivity index (χ4v) is 4.73. The van der Waals surface area contributed by atoms with Gasteiger partial charge in [0.2, 0.25) is 0 Å². The van der Waals surface area contributed by atoms with Crippen molar-refractivity contribution >= 4 is 32.2 Å². The molecular formula is C10H17N3O3S2. The van der Waals surface area contributed by atoms with Crippen LogP contribution in [0.3, 0.4) is 0 Å². The zero-order valence-corrected chi connectivity index (χ0v) is 11.9. The Bertz CT molecular complexity index is 506. The highest BCUT2D eigenvalue weighted by molar-refractivity contribution is 7.91. The molecular weight excluding hydrogens is 274 g/mol. The monoisotopic (exact) mass is 291 g/mol. The van der Waals surface area contributed by atoms with Gasteiger partial charge in [-0.25, -0.2) is 8.42 Å². The van der Waals surface area contributed by atoms with Crippen LogP contribution >= 0.6 is 11.5 Å². The molecule has 6 nitrogen and oxygen atoms in total. The zero-order chi connectivity index (χ0) is 13.2. The minimum absolute atomic E-state index is 0.104. The Morgan fingerprint density at radius 3 is 2.72 bits per heavy atom. The van der Waals surface area contributed by atoms with Gasteiger partial charge in [-0.2, -0.15) is 4.37 Å². The number of hydrogen-bond donors (Lipinski definition) is 1. The summed E-state index contributed by atoms with van der Waals surface area (Å²) >= 11 is 1.15. The third kappa shape index (κ3) is 2.60. The molecule has 2 N–H and O–H groups in total. The molecule has 1 saturated heterocycles. The number of morpholine rings is 1. The maximum absolute atomic E-state index is 12.2. The van der Waals surface area contributed by atoms with Crippen LogP contribution in [-0.4, -0.2) is 44.8 Å². The van der Waals surface area contributed by atoms with Crippen molar-refractivity contribution in [3.8, 4) is 0 Å². The minimum Gasteiger partial charge on any atom is -0.382 e. The predicted molar refractivity (Wildman–Crippen MR) is 71.9 cm³/mol. The fourth-order valence-electron chi connectivity index (χ4n) is 1.92. The quantitative estimate of drug-likeness (QED) is 0.881. The van der Waals surface area contributed by atoms with Gasteiger partial charge in [0.25, 0.3) is 0 Å². The van der Waals surface area contributed by atoms with Crippen LogP contribution in [0.1, 0.15) is 13.3 Å². The molecule has 0 aliphatic carbocycles. The highest BCUT2D eigenvalue weighted by Crippen LogP contribution is 2.35. The van der Waals surface area contributed by atoms with Gasteiger partial charge in [-0.15, -0.1) is 0 Å². The number of aromatic nitrogens is 1. The number of nitrogens with two attached hydrogens (primary N) is 1. The molecule has 1 aromatic heterocycles. The summed E-state index contributed by atoms with van der Waals surface area (Å²) in [7, 11) is -3.34. The van der Waals surface area contributed by atoms with Gasteiger partial charge in [-0.3, -0.25) is 0 Å². The van der Waals surface area contributed by atoms with E-state index in [4.69, 9.17) is 10.5 Å². The second kappa shape index (κ2) is 5.41. The Morgan fingerprint density at radius 2 is 2.11 bits per heavy atom. The number of sulfone groups is 1. The minimum atomic E-state index is -3.34. The normalized spacial score (nSPS) is 17.1. The molecule has 1 fully saturated rings. The fraction of sp³-hybridized carbons (Fsp3) is 0.700. The molecule has 0 aromatic carbocycles. The van der Waals surface area contributed by atoms with E-state index in [0.29, 0.717) is 37.7 Å². The number of nitrogens with zero attached hydrogens (tertiary/aromatic N) is 2. The Labute approximate surface area is 111 Å². The summed E-state index contributed by atoms with van der Waals surface area (Å²) in [6.07, 6.45) is 0.570. The van der Waals surface area contributed by atoms with Crippen molar-refractivity contribution in [1.82, 2.24) is 4.37 Å². The molecule has 2 heterocycles. The molecule has 0 spiro atoms. The maximum Gasteiger partial charge on any atom is 0.185 e. The summed E-state index contributed by atoms with van der Waals surface area (Å²) in [6, 6.07) is 0. The molecule has 1 aliphatic rings. The van der Waals surface area contributed by atoms with Crippen LogP contribution in [0.2, 0.25) is 0 Å². The standard InChI is InChI=1S/C10H17N3O3S2/c1-2-7-18(14,15)8-9(11)12-17-10(8)13-3-5-16-6-4-13/h2-7H2,1H3,(H2,11,12). The molecule has 2 rings (SSSR count). The van der Waals surface area contributed by atoms with E-state index in [1.54, 1.807) is 0 Å². The highest BCUT2D eigenvalue weighted by atomic mass is 32.2. The third-order valence-corrected chi connectivity index (χ3v) is 5.76. The molecule has 18 heavy (non-hydrogen) atoms. The Morgan fingerprint density at radius 1 is 1.44 bits per heavy atom. The van der Waals surface area contributed by atoms with E-state index in [0.717, 1.165) is 11.5 Å². The van der Waals surface area contributed by atoms with Gasteiger partial charge in [0.05, 0.1) is 19.0 Å². The first kappa shape index (κ1) is 13.6. The van der Waals surface area contributed by atoms with Crippen molar-refractivity contribution in [1.29, 1.82) is 0 Å². The second-order valence-corrected chi connectivity index (χ2v) is 6.92. The highest BCUT2D eigenvalue weighted by Gasteiger charge is 2.28. The maximum atomic E-state index is 12.2. The van der Waals surface area contributed by atoms with Gasteiger partial charge in [0, 0.05) is 13.1 Å². The van der Waals surface area contributed by atoms with Crippen LogP contribution in [-0.2, 0) is 14.6 Å². The zero-order valence-electron chi connectivity index (χ0n) is 10.3. The van der Waals surface area contributed by atoms with Crippen molar-refractivity contribution < 1.29 is 13.2 Å². The Kier molecular flexibility index (Phi) is 4.08. The van der Waals surface area contributed by atoms with Crippen molar-refractivity contribution in [3.63, 3.8) is 0 Å². The number of rotatable bonds is 4. The average Bonchev–Trinajstić information content (AvgIpc) is 2.73. The lowest BCUT2D eigenvalue weighted by Gasteiger charge is -2.27. The lowest BCUT2D eigenvalue weighted by molar-refractivity contribution is 0.123. The average molecular weight is 291 g/mol. The topological polar surface area (TPSA) is 85.5 Å². The van der Waals surface area contributed by atoms with Crippen molar-refractivity contribution in [2.24, 2.45) is 0 Å². The van der Waals surface area contributed by atoms with E-state index in [1.807, 2.05) is 11.8 Å². The number of ether oxygens (including phenoxy) is 1. The summed E-state index contributed by atoms with van der Waals surface area (Å²) in [5, 5.41) is 0.657. The molecule has 8 heteroatoms. The summed E-state index contributed by atoms with van der Waals surface area (Å²) in [6.45, 7) is 4.39. The Balaban J connectivity index is 2.37. The molecule has 0 atom stereocenters. The van der Waals surface area contributed by atoms with Crippen molar-refractivity contribution in [2.75, 3.05) is 42.7 Å². The molecule has 0 bridgehead atoms. The lowest BCUT2D eigenvalue weighted by atomic mass is 10.4. The van der Waals surface area contributed by atoms with E-state index in [9.17, 15) is 8.42 Å². The van der Waals surface area contributed by atoms with E-state index in [1.165, 1.54) is 0 Å². The first-order valence-electron chi connectivity index (χ1n) is 5.87. The largest absolute Gasteiger partial charge is 0.382 e. The molecule has 1 aromatic rings. The number of anilines is 2. The Hall–Kier alpha value is -0.860. The second-order valence-electron chi connectivity index (χ2n) is 4.12. The van der Waals surface area contributed by atoms with Gasteiger partial charge >= 0.3 is 0 Å². The van der Waals surface area contributed by atoms with Gasteiger partial charge in [-0.1, -0.05) is 6.92 Å². The van der Waals surface area contributed by atoms with E-state index >= 15 is 0 Å². The summed E-state index contributed by atoms with van der Waals surface area (Å²) in [4.78, 5) is 2.19. The molecule has 102 valence electrons. The van der Waals surface area contributed by atoms with Crippen molar-refractivity contribution in [2.45, 2.75) is 18.2 Å². The molecule has 0 saturated carbocycles. The number of hydrogen-bond acceptors (Lipinski definition) is 7. The van der Waals surface area contributed by atoms with Gasteiger partial charge in [-0.05, 0) is 18.0 Å². The smallest absolute Gasteiger partial charge is 0.185 e. The summed E-state index contributed by atoms with van der Waals surface area (Å²) in [5.41, 5.74) is 5.73. The molecule has 0 radical (unpaired) electrons. The summed E-state index contributed by atoms with van der Waals surface area (Å²) in [5.74, 6) is 0.224. The van der Waals surface area contributed by atoms with Gasteiger partial charge < -0.3 is 15.4 Å². The van der Waals surface area contributed by atoms with Crippen molar-refractivity contribution in [3.05, 3.63) is 0 Å². The van der Waals surface area contributed by atoms with Crippen LogP contribution in [0.5, 0.6) is 0 Å². The molecule has 1 aliphatic heterocycles. The van der Waals surface area contributed by atoms with Gasteiger partial charge in [0.1, 0.15) is 9.90 Å². The van der Waals surface area contributed by atoms with Crippen LogP contribution in [0.25, 0.3) is 0 Å². The van der Waals surface area contributed by atoms with E-state index < -0.39 is 9.84 Å². The van der Waals surface area contributed by atoms with Crippen LogP contribution < -0.4 is 10.6 Å². The molecule has 0 amide bonds. The van der Waals surface area contributed by atoms with Crippen LogP contribution in [0.15, 0.2) is 4.90 Å². The number of nitrogen functional groups attached to an aromatic ring is 1. The lowest BCUT2D eigenvalue weighted by Crippen LogP contribution is -2.36. The third-order valence-electron chi connectivity index (χ3n) is 2.74. The summed E-state index contributed by atoms with van der Waals surface area (Å²) < 4.78 is 33.7. The predicted octanol–water partition coefficient (Wildman–Crippen LogP) is 0.746. The SMILES string of the molecule is CCCS(=O)(=O)c1c(N)nsc1N1CCOCC1. The van der Waals surface area contributed by atoms with Gasteiger partial charge in [0.15, 0.2) is 15.7 Å². The molecule has 0 unspecified atom stereocenters. The first-order chi connectivity index (χ1) is 8.56. The van der Waals surface area contributed by atoms with Crippen LogP contribution in [0, 0.1) is 0 Å². The van der Waals surface area contributed by atoms with E-state index in [2.05, 4.69) is 4.37 Å². The van der Waals surface area contributed by atoms with E-state index in [-0.39, 0.29) is 16.5 Å².